The van der Waals surface area contributed by atoms with Crippen LogP contribution in [0.25, 0.3) is 0 Å². The Morgan fingerprint density at radius 3 is 2.73 bits per heavy atom. The molecule has 1 saturated heterocycles. The first-order valence-electron chi connectivity index (χ1n) is 7.20. The fraction of sp³-hybridized carbons (Fsp3) is 0.400. The number of hydrogen-bond acceptors (Lipinski definition) is 5. The van der Waals surface area contributed by atoms with Crippen molar-refractivity contribution < 1.29 is 0 Å². The normalized spacial score (nSPS) is 15.8. The molecule has 3 rings (SSSR count). The first-order valence-corrected chi connectivity index (χ1v) is 7.58. The van der Waals surface area contributed by atoms with Crippen LogP contribution in [0.3, 0.4) is 0 Å². The molecule has 0 unspecified atom stereocenters. The highest BCUT2D eigenvalue weighted by atomic mass is 35.5. The lowest BCUT2D eigenvalue weighted by atomic mass is 10.1. The molecule has 0 spiro atoms. The molecule has 6 nitrogen and oxygen atoms in total. The molecule has 7 heteroatoms. The summed E-state index contributed by atoms with van der Waals surface area (Å²) in [6, 6.07) is 7.71. The maximum atomic E-state index is 9.26. The maximum absolute atomic E-state index is 9.26. The number of aromatic amines is 1. The van der Waals surface area contributed by atoms with Crippen LogP contribution in [0, 0.1) is 18.3 Å². The van der Waals surface area contributed by atoms with E-state index in [1.54, 1.807) is 6.07 Å². The molecule has 1 aliphatic rings. The van der Waals surface area contributed by atoms with Gasteiger partial charge in [-0.05, 0) is 25.1 Å². The van der Waals surface area contributed by atoms with Crippen molar-refractivity contribution in [2.75, 3.05) is 31.1 Å². The molecule has 1 aromatic carbocycles. The highest BCUT2D eigenvalue weighted by Gasteiger charge is 2.20. The van der Waals surface area contributed by atoms with Crippen molar-refractivity contribution in [1.82, 2.24) is 20.1 Å². The van der Waals surface area contributed by atoms with Crippen LogP contribution in [0.5, 0.6) is 0 Å². The first-order chi connectivity index (χ1) is 10.7. The molecule has 0 amide bonds. The van der Waals surface area contributed by atoms with Crippen LogP contribution in [0.2, 0.25) is 5.02 Å². The number of H-pyrrole nitrogens is 1. The lowest BCUT2D eigenvalue weighted by molar-refractivity contribution is 0.244. The monoisotopic (exact) mass is 316 g/mol. The summed E-state index contributed by atoms with van der Waals surface area (Å²) in [6.07, 6.45) is 0. The van der Waals surface area contributed by atoms with E-state index >= 15 is 0 Å². The average molecular weight is 317 g/mol. The lowest BCUT2D eigenvalue weighted by Crippen LogP contribution is -2.46. The summed E-state index contributed by atoms with van der Waals surface area (Å²) >= 11 is 5.96. The highest BCUT2D eigenvalue weighted by Crippen LogP contribution is 2.25. The molecule has 1 aliphatic heterocycles. The summed E-state index contributed by atoms with van der Waals surface area (Å²) in [6.45, 7) is 6.24. The van der Waals surface area contributed by atoms with Crippen LogP contribution in [-0.4, -0.2) is 46.3 Å². The van der Waals surface area contributed by atoms with E-state index in [2.05, 4.69) is 31.1 Å². The molecule has 0 aliphatic carbocycles. The van der Waals surface area contributed by atoms with Crippen molar-refractivity contribution >= 4 is 17.3 Å². The second-order valence-electron chi connectivity index (χ2n) is 5.37. The third kappa shape index (κ3) is 3.21. The van der Waals surface area contributed by atoms with Gasteiger partial charge in [0.05, 0.1) is 17.8 Å². The fourth-order valence-electron chi connectivity index (χ4n) is 2.68. The number of benzene rings is 1. The third-order valence-electron chi connectivity index (χ3n) is 3.80. The summed E-state index contributed by atoms with van der Waals surface area (Å²) in [5, 5.41) is 16.9. The Bertz CT molecular complexity index is 696. The molecule has 0 bridgehead atoms. The van der Waals surface area contributed by atoms with E-state index in [9.17, 15) is 5.26 Å². The summed E-state index contributed by atoms with van der Waals surface area (Å²) < 4.78 is 0. The van der Waals surface area contributed by atoms with Crippen LogP contribution >= 0.6 is 11.6 Å². The number of nitriles is 1. The number of aromatic nitrogens is 3. The number of hydrogen-bond donors (Lipinski definition) is 1. The first kappa shape index (κ1) is 14.8. The van der Waals surface area contributed by atoms with E-state index in [1.807, 2.05) is 19.1 Å². The van der Waals surface area contributed by atoms with Crippen molar-refractivity contribution in [3.8, 4) is 6.07 Å². The van der Waals surface area contributed by atoms with Gasteiger partial charge in [0.25, 0.3) is 0 Å². The van der Waals surface area contributed by atoms with Gasteiger partial charge in [-0.3, -0.25) is 10.00 Å². The van der Waals surface area contributed by atoms with Gasteiger partial charge in [0.1, 0.15) is 11.9 Å². The van der Waals surface area contributed by atoms with Crippen LogP contribution < -0.4 is 4.90 Å². The minimum atomic E-state index is 0.596. The number of nitrogens with zero attached hydrogens (tertiary/aromatic N) is 5. The zero-order valence-electron chi connectivity index (χ0n) is 12.4. The van der Waals surface area contributed by atoms with Crippen molar-refractivity contribution in [3.63, 3.8) is 0 Å². The number of rotatable bonds is 3. The van der Waals surface area contributed by atoms with Crippen LogP contribution in [0.4, 0.5) is 5.69 Å². The van der Waals surface area contributed by atoms with Gasteiger partial charge >= 0.3 is 0 Å². The fourth-order valence-corrected chi connectivity index (χ4v) is 2.85. The minimum absolute atomic E-state index is 0.596. The Morgan fingerprint density at radius 2 is 2.09 bits per heavy atom. The van der Waals surface area contributed by atoms with Gasteiger partial charge in [-0.2, -0.15) is 10.4 Å². The molecule has 1 aromatic heterocycles. The van der Waals surface area contributed by atoms with Crippen LogP contribution in [0.1, 0.15) is 17.2 Å². The Kier molecular flexibility index (Phi) is 4.27. The van der Waals surface area contributed by atoms with E-state index in [-0.39, 0.29) is 0 Å². The van der Waals surface area contributed by atoms with Crippen LogP contribution in [0.15, 0.2) is 18.2 Å². The van der Waals surface area contributed by atoms with E-state index in [4.69, 9.17) is 11.6 Å². The molecule has 0 saturated carbocycles. The van der Waals surface area contributed by atoms with Gasteiger partial charge in [0.2, 0.25) is 0 Å². The standard InChI is InChI=1S/C15H17ClN6/c1-11-18-15(20-19-11)10-21-4-6-22(7-5-21)14-3-2-13(16)8-12(14)9-17/h2-3,8H,4-7,10H2,1H3,(H,18,19,20). The largest absolute Gasteiger partial charge is 0.368 e. The highest BCUT2D eigenvalue weighted by molar-refractivity contribution is 6.30. The molecule has 1 N–H and O–H groups in total. The summed E-state index contributed by atoms with van der Waals surface area (Å²) in [4.78, 5) is 8.89. The van der Waals surface area contributed by atoms with Crippen molar-refractivity contribution in [1.29, 1.82) is 5.26 Å². The maximum Gasteiger partial charge on any atom is 0.164 e. The third-order valence-corrected chi connectivity index (χ3v) is 4.04. The SMILES string of the molecule is Cc1nc(CN2CCN(c3ccc(Cl)cc3C#N)CC2)n[nH]1. The smallest absolute Gasteiger partial charge is 0.164 e. The van der Waals surface area contributed by atoms with E-state index in [1.165, 1.54) is 0 Å². The van der Waals surface area contributed by atoms with E-state index < -0.39 is 0 Å². The minimum Gasteiger partial charge on any atom is -0.368 e. The van der Waals surface area contributed by atoms with Gasteiger partial charge in [-0.15, -0.1) is 0 Å². The topological polar surface area (TPSA) is 71.8 Å². The van der Waals surface area contributed by atoms with Crippen molar-refractivity contribution in [3.05, 3.63) is 40.4 Å². The molecule has 2 heterocycles. The lowest BCUT2D eigenvalue weighted by Gasteiger charge is -2.36. The molecule has 1 fully saturated rings. The molecule has 114 valence electrons. The second-order valence-corrected chi connectivity index (χ2v) is 5.81. The Labute approximate surface area is 134 Å². The van der Waals surface area contributed by atoms with Gasteiger partial charge in [0.15, 0.2) is 5.82 Å². The zero-order valence-corrected chi connectivity index (χ0v) is 13.1. The molecular weight excluding hydrogens is 300 g/mol. The molecule has 2 aromatic rings. The summed E-state index contributed by atoms with van der Waals surface area (Å²) in [5.74, 6) is 1.67. The number of halogens is 1. The van der Waals surface area contributed by atoms with Crippen molar-refractivity contribution in [2.24, 2.45) is 0 Å². The van der Waals surface area contributed by atoms with Gasteiger partial charge in [-0.25, -0.2) is 4.98 Å². The second kappa shape index (κ2) is 6.34. The van der Waals surface area contributed by atoms with Gasteiger partial charge in [-0.1, -0.05) is 11.6 Å². The molecule has 22 heavy (non-hydrogen) atoms. The number of piperazine rings is 1. The number of nitrogens with one attached hydrogen (secondary N) is 1. The predicted molar refractivity (Wildman–Crippen MR) is 84.8 cm³/mol. The van der Waals surface area contributed by atoms with E-state index in [0.717, 1.165) is 50.1 Å². The predicted octanol–water partition coefficient (Wildman–Crippen LogP) is 1.96. The molecular formula is C15H17ClN6. The Balaban J connectivity index is 1.63. The molecule has 0 radical (unpaired) electrons. The number of anilines is 1. The van der Waals surface area contributed by atoms with E-state index in [0.29, 0.717) is 10.6 Å². The molecule has 0 atom stereocenters. The van der Waals surface area contributed by atoms with Gasteiger partial charge < -0.3 is 4.90 Å². The number of aryl methyl sites for hydroxylation is 1. The van der Waals surface area contributed by atoms with Gasteiger partial charge in [0, 0.05) is 31.2 Å². The summed E-state index contributed by atoms with van der Waals surface area (Å²) in [5.41, 5.74) is 1.59. The Hall–Kier alpha value is -2.10. The summed E-state index contributed by atoms with van der Waals surface area (Å²) in [7, 11) is 0. The quantitative estimate of drug-likeness (QED) is 0.937. The average Bonchev–Trinajstić information content (AvgIpc) is 2.93. The zero-order chi connectivity index (χ0) is 15.5. The van der Waals surface area contributed by atoms with Crippen LogP contribution in [-0.2, 0) is 6.54 Å². The Morgan fingerprint density at radius 1 is 1.32 bits per heavy atom. The van der Waals surface area contributed by atoms with Crippen molar-refractivity contribution in [2.45, 2.75) is 13.5 Å².